The summed E-state index contributed by atoms with van der Waals surface area (Å²) in [4.78, 5) is 23.4. The van der Waals surface area contributed by atoms with Crippen LogP contribution in [0.3, 0.4) is 0 Å². The Hall–Kier alpha value is -1.93. The number of carbonyl (C=O) groups is 2. The third kappa shape index (κ3) is 7.10. The van der Waals surface area contributed by atoms with Crippen LogP contribution in [0.2, 0.25) is 0 Å². The van der Waals surface area contributed by atoms with Gasteiger partial charge in [0.2, 0.25) is 11.8 Å². The lowest BCUT2D eigenvalue weighted by Crippen LogP contribution is -2.46. The fourth-order valence-corrected chi connectivity index (χ4v) is 1.69. The summed E-state index contributed by atoms with van der Waals surface area (Å²) < 4.78 is 28.9. The highest BCUT2D eigenvalue weighted by Gasteiger charge is 2.17. The fourth-order valence-electron chi connectivity index (χ4n) is 1.69. The molecule has 136 valence electrons. The number of carbonyl (C=O) groups excluding carboxylic acids is 2. The van der Waals surface area contributed by atoms with Crippen molar-refractivity contribution in [2.75, 3.05) is 11.9 Å². The van der Waals surface area contributed by atoms with Crippen LogP contribution in [0.5, 0.6) is 5.75 Å². The Bertz CT molecular complexity index is 571. The van der Waals surface area contributed by atoms with Crippen LogP contribution < -0.4 is 21.1 Å². The maximum absolute atomic E-state index is 12.3. The number of hydrogen-bond donors (Lipinski definition) is 3. The van der Waals surface area contributed by atoms with Crippen LogP contribution in [0, 0.1) is 12.8 Å². The van der Waals surface area contributed by atoms with E-state index >= 15 is 0 Å². The Morgan fingerprint density at radius 1 is 1.29 bits per heavy atom. The highest BCUT2D eigenvalue weighted by atomic mass is 35.5. The summed E-state index contributed by atoms with van der Waals surface area (Å²) in [5.41, 5.74) is 6.45. The first-order valence-electron chi connectivity index (χ1n) is 7.09. The molecule has 1 atom stereocenters. The molecule has 2 amide bonds. The van der Waals surface area contributed by atoms with Crippen molar-refractivity contribution >= 4 is 29.9 Å². The summed E-state index contributed by atoms with van der Waals surface area (Å²) in [5, 5.41) is 4.90. The van der Waals surface area contributed by atoms with Gasteiger partial charge in [0, 0.05) is 11.8 Å². The molecule has 0 aliphatic carbocycles. The first kappa shape index (κ1) is 22.1. The second kappa shape index (κ2) is 10.0. The molecule has 0 radical (unpaired) electrons. The summed E-state index contributed by atoms with van der Waals surface area (Å²) >= 11 is 0. The zero-order chi connectivity index (χ0) is 17.6. The van der Waals surface area contributed by atoms with Crippen molar-refractivity contribution < 1.29 is 23.1 Å². The number of halogens is 3. The monoisotopic (exact) mass is 365 g/mol. The first-order valence-corrected chi connectivity index (χ1v) is 7.09. The Balaban J connectivity index is 0.00000529. The standard InChI is InChI=1S/C15H21F2N3O3.ClH/c1-8(2)13(18)14(22)19-7-12(21)20-10-5-4-9(3)11(6-10)23-15(16)17;/h4-6,8,13,15H,7,18H2,1-3H3,(H,19,22)(H,20,21);1H/t13-;/m0./s1. The van der Waals surface area contributed by atoms with Gasteiger partial charge in [-0.25, -0.2) is 0 Å². The van der Waals surface area contributed by atoms with Crippen molar-refractivity contribution in [1.82, 2.24) is 5.32 Å². The lowest BCUT2D eigenvalue weighted by atomic mass is 10.1. The van der Waals surface area contributed by atoms with Gasteiger partial charge < -0.3 is 21.1 Å². The van der Waals surface area contributed by atoms with E-state index in [0.29, 0.717) is 11.3 Å². The number of aryl methyl sites for hydroxylation is 1. The second-order valence-corrected chi connectivity index (χ2v) is 5.39. The predicted octanol–water partition coefficient (Wildman–Crippen LogP) is 2.06. The van der Waals surface area contributed by atoms with Crippen LogP contribution in [0.15, 0.2) is 18.2 Å². The van der Waals surface area contributed by atoms with Crippen molar-refractivity contribution in [3.63, 3.8) is 0 Å². The van der Waals surface area contributed by atoms with E-state index in [2.05, 4.69) is 15.4 Å². The summed E-state index contributed by atoms with van der Waals surface area (Å²) in [7, 11) is 0. The van der Waals surface area contributed by atoms with Crippen molar-refractivity contribution in [2.24, 2.45) is 11.7 Å². The molecule has 0 saturated carbocycles. The van der Waals surface area contributed by atoms with Gasteiger partial charge in [0.15, 0.2) is 0 Å². The summed E-state index contributed by atoms with van der Waals surface area (Å²) in [6.45, 7) is 1.98. The van der Waals surface area contributed by atoms with E-state index in [1.807, 2.05) is 0 Å². The minimum atomic E-state index is -2.95. The molecule has 0 bridgehead atoms. The molecule has 1 aromatic rings. The molecule has 6 nitrogen and oxygen atoms in total. The molecule has 0 spiro atoms. The summed E-state index contributed by atoms with van der Waals surface area (Å²) in [6.07, 6.45) is 0. The Morgan fingerprint density at radius 2 is 1.92 bits per heavy atom. The largest absolute Gasteiger partial charge is 0.434 e. The van der Waals surface area contributed by atoms with Crippen molar-refractivity contribution in [2.45, 2.75) is 33.4 Å². The third-order valence-corrected chi connectivity index (χ3v) is 3.13. The van der Waals surface area contributed by atoms with Gasteiger partial charge in [0.05, 0.1) is 12.6 Å². The quantitative estimate of drug-likeness (QED) is 0.689. The smallest absolute Gasteiger partial charge is 0.387 e. The molecule has 0 unspecified atom stereocenters. The molecule has 9 heteroatoms. The molecular formula is C15H22ClF2N3O3. The number of hydrogen-bond acceptors (Lipinski definition) is 4. The number of alkyl halides is 2. The van der Waals surface area contributed by atoms with Crippen molar-refractivity contribution in [1.29, 1.82) is 0 Å². The molecular weight excluding hydrogens is 344 g/mol. The average molecular weight is 366 g/mol. The second-order valence-electron chi connectivity index (χ2n) is 5.39. The number of nitrogens with two attached hydrogens (primary N) is 1. The first-order chi connectivity index (χ1) is 10.7. The van der Waals surface area contributed by atoms with Gasteiger partial charge in [-0.2, -0.15) is 8.78 Å². The van der Waals surface area contributed by atoms with Crippen molar-refractivity contribution in [3.05, 3.63) is 23.8 Å². The number of anilines is 1. The van der Waals surface area contributed by atoms with Crippen LogP contribution in [0.1, 0.15) is 19.4 Å². The van der Waals surface area contributed by atoms with E-state index in [9.17, 15) is 18.4 Å². The van der Waals surface area contributed by atoms with Crippen LogP contribution >= 0.6 is 12.4 Å². The van der Waals surface area contributed by atoms with Gasteiger partial charge in [-0.05, 0) is 24.5 Å². The Morgan fingerprint density at radius 3 is 2.46 bits per heavy atom. The molecule has 0 aliphatic rings. The van der Waals surface area contributed by atoms with Crippen molar-refractivity contribution in [3.8, 4) is 5.75 Å². The molecule has 0 fully saturated rings. The van der Waals surface area contributed by atoms with Gasteiger partial charge in [0.1, 0.15) is 5.75 Å². The van der Waals surface area contributed by atoms with Gasteiger partial charge in [-0.1, -0.05) is 19.9 Å². The number of benzene rings is 1. The minimum Gasteiger partial charge on any atom is -0.434 e. The van der Waals surface area contributed by atoms with Gasteiger partial charge >= 0.3 is 6.61 Å². The van der Waals surface area contributed by atoms with Gasteiger partial charge in [-0.15, -0.1) is 12.4 Å². The van der Waals surface area contributed by atoms with Crippen LogP contribution in [0.25, 0.3) is 0 Å². The molecule has 4 N–H and O–H groups in total. The Kier molecular flexibility index (Phi) is 9.24. The zero-order valence-corrected chi connectivity index (χ0v) is 14.5. The molecule has 24 heavy (non-hydrogen) atoms. The van der Waals surface area contributed by atoms with E-state index in [4.69, 9.17) is 5.73 Å². The van der Waals surface area contributed by atoms with Crippen LogP contribution in [0.4, 0.5) is 14.5 Å². The normalized spacial score (nSPS) is 11.7. The van der Waals surface area contributed by atoms with E-state index in [1.54, 1.807) is 32.9 Å². The molecule has 0 saturated heterocycles. The van der Waals surface area contributed by atoms with Gasteiger partial charge in [0.25, 0.3) is 0 Å². The molecule has 0 aromatic heterocycles. The van der Waals surface area contributed by atoms with E-state index < -0.39 is 24.5 Å². The van der Waals surface area contributed by atoms with Gasteiger partial charge in [-0.3, -0.25) is 9.59 Å². The van der Waals surface area contributed by atoms with E-state index in [-0.39, 0.29) is 30.6 Å². The van der Waals surface area contributed by atoms with E-state index in [1.165, 1.54) is 6.07 Å². The Labute approximate surface area is 145 Å². The fraction of sp³-hybridized carbons (Fsp3) is 0.467. The highest BCUT2D eigenvalue weighted by Crippen LogP contribution is 2.24. The molecule has 0 heterocycles. The maximum Gasteiger partial charge on any atom is 0.387 e. The molecule has 1 aromatic carbocycles. The topological polar surface area (TPSA) is 93.5 Å². The number of rotatable bonds is 7. The number of nitrogens with one attached hydrogen (secondary N) is 2. The third-order valence-electron chi connectivity index (χ3n) is 3.13. The zero-order valence-electron chi connectivity index (χ0n) is 13.6. The highest BCUT2D eigenvalue weighted by molar-refractivity contribution is 5.95. The lowest BCUT2D eigenvalue weighted by Gasteiger charge is -2.15. The van der Waals surface area contributed by atoms with Crippen LogP contribution in [-0.4, -0.2) is 31.0 Å². The lowest BCUT2D eigenvalue weighted by molar-refractivity contribution is -0.125. The predicted molar refractivity (Wildman–Crippen MR) is 89.5 cm³/mol. The van der Waals surface area contributed by atoms with E-state index in [0.717, 1.165) is 0 Å². The molecule has 0 aliphatic heterocycles. The SMILES string of the molecule is Cc1ccc(NC(=O)CNC(=O)[C@@H](N)C(C)C)cc1OC(F)F.Cl. The summed E-state index contributed by atoms with van der Waals surface area (Å²) in [6, 6.07) is 3.68. The maximum atomic E-state index is 12.3. The minimum absolute atomic E-state index is 0. The summed E-state index contributed by atoms with van der Waals surface area (Å²) in [5.74, 6) is -1.00. The van der Waals surface area contributed by atoms with Crippen LogP contribution in [-0.2, 0) is 9.59 Å². The number of amides is 2. The molecule has 1 rings (SSSR count). The average Bonchev–Trinajstić information content (AvgIpc) is 2.46. The number of ether oxygens (including phenoxy) is 1.